The second-order valence-electron chi connectivity index (χ2n) is 3.59. The summed E-state index contributed by atoms with van der Waals surface area (Å²) in [5.74, 6) is -3.11. The summed E-state index contributed by atoms with van der Waals surface area (Å²) in [6.07, 6.45) is 0.195. The van der Waals surface area contributed by atoms with Crippen molar-refractivity contribution in [3.8, 4) is 0 Å². The number of aromatic nitrogens is 1. The van der Waals surface area contributed by atoms with Crippen molar-refractivity contribution < 1.29 is 24.7 Å². The average Bonchev–Trinajstić information content (AvgIpc) is 2.27. The number of nitro groups is 1. The van der Waals surface area contributed by atoms with Gasteiger partial charge in [0.05, 0.1) is 17.8 Å². The van der Waals surface area contributed by atoms with Gasteiger partial charge in [-0.25, -0.2) is 0 Å². The fourth-order valence-corrected chi connectivity index (χ4v) is 1.45. The number of carbonyl (C=O) groups is 2. The Morgan fingerprint density at radius 2 is 1.70 bits per heavy atom. The average molecular weight is 302 g/mol. The number of aliphatic carboxylic acids is 2. The molecule has 0 aromatic carbocycles. The van der Waals surface area contributed by atoms with Gasteiger partial charge in [-0.05, 0) is 6.07 Å². The number of hydrogen-bond acceptors (Lipinski definition) is 5. The Labute approximate surface area is 158 Å². The van der Waals surface area contributed by atoms with Gasteiger partial charge in [-0.15, -0.1) is 0 Å². The van der Waals surface area contributed by atoms with E-state index in [4.69, 9.17) is 10.2 Å². The summed E-state index contributed by atoms with van der Waals surface area (Å²) in [6.45, 7) is 0. The zero-order valence-electron chi connectivity index (χ0n) is 9.15. The third-order valence-corrected chi connectivity index (χ3v) is 2.24. The predicted octanol–water partition coefficient (Wildman–Crippen LogP) is -0.274. The van der Waals surface area contributed by atoms with Gasteiger partial charge in [-0.1, -0.05) is 0 Å². The first-order valence-corrected chi connectivity index (χ1v) is 4.94. The van der Waals surface area contributed by atoms with E-state index in [1.54, 1.807) is 0 Å². The molecule has 0 spiro atoms. The van der Waals surface area contributed by atoms with Gasteiger partial charge in [0.2, 0.25) is 0 Å². The molecular formula is C10H12N2Na2O6. The van der Waals surface area contributed by atoms with Crippen LogP contribution in [0.5, 0.6) is 0 Å². The normalized spacial score (nSPS) is 9.25. The molecule has 0 bridgehead atoms. The maximum absolute atomic E-state index is 10.6. The Hall–Kier alpha value is -0.510. The summed E-state index contributed by atoms with van der Waals surface area (Å²) < 4.78 is 0. The molecule has 0 radical (unpaired) electrons. The van der Waals surface area contributed by atoms with Crippen molar-refractivity contribution in [1.29, 1.82) is 0 Å². The zero-order chi connectivity index (χ0) is 13.7. The molecule has 0 aliphatic rings. The van der Waals surface area contributed by atoms with Gasteiger partial charge < -0.3 is 10.2 Å². The van der Waals surface area contributed by atoms with E-state index in [9.17, 15) is 19.7 Å². The maximum atomic E-state index is 10.6. The molecule has 1 aromatic rings. The molecule has 0 fully saturated rings. The molecule has 20 heavy (non-hydrogen) atoms. The van der Waals surface area contributed by atoms with E-state index in [0.717, 1.165) is 6.20 Å². The second-order valence-corrected chi connectivity index (χ2v) is 3.59. The Morgan fingerprint density at radius 3 is 2.00 bits per heavy atom. The van der Waals surface area contributed by atoms with Crippen molar-refractivity contribution in [3.05, 3.63) is 34.1 Å². The molecule has 2 N–H and O–H groups in total. The van der Waals surface area contributed by atoms with E-state index in [2.05, 4.69) is 4.98 Å². The summed E-state index contributed by atoms with van der Waals surface area (Å²) in [5.41, 5.74) is -0.0199. The van der Waals surface area contributed by atoms with Crippen LogP contribution in [0.1, 0.15) is 24.5 Å². The third-order valence-electron chi connectivity index (χ3n) is 2.24. The molecule has 0 saturated heterocycles. The molecule has 1 heterocycles. The minimum atomic E-state index is -1.15. The van der Waals surface area contributed by atoms with Crippen LogP contribution in [0, 0.1) is 10.1 Å². The van der Waals surface area contributed by atoms with Crippen LogP contribution in [0.2, 0.25) is 0 Å². The fraction of sp³-hybridized carbons (Fsp3) is 0.300. The number of nitrogens with zero attached hydrogens (tertiary/aromatic N) is 2. The van der Waals surface area contributed by atoms with Crippen molar-refractivity contribution in [3.63, 3.8) is 0 Å². The molecule has 0 atom stereocenters. The van der Waals surface area contributed by atoms with Crippen LogP contribution in [0.4, 0.5) is 5.69 Å². The summed E-state index contributed by atoms with van der Waals surface area (Å²) in [6, 6.07) is 2.44. The Kier molecular flexibility index (Phi) is 11.2. The number of carboxylic acids is 2. The number of rotatable bonds is 6. The van der Waals surface area contributed by atoms with E-state index < -0.39 is 35.6 Å². The Bertz CT molecular complexity index is 463. The number of hydrogen-bond donors (Lipinski definition) is 2. The topological polar surface area (TPSA) is 131 Å². The monoisotopic (exact) mass is 302 g/mol. The van der Waals surface area contributed by atoms with Crippen molar-refractivity contribution >= 4 is 76.7 Å². The van der Waals surface area contributed by atoms with Crippen LogP contribution < -0.4 is 0 Å². The van der Waals surface area contributed by atoms with E-state index >= 15 is 0 Å². The van der Waals surface area contributed by atoms with Gasteiger partial charge in [0.1, 0.15) is 6.20 Å². The van der Waals surface area contributed by atoms with Gasteiger partial charge >= 0.3 is 71.1 Å². The van der Waals surface area contributed by atoms with E-state index in [1.165, 1.54) is 12.1 Å². The molecule has 0 aliphatic carbocycles. The van der Waals surface area contributed by atoms with Crippen molar-refractivity contribution in [2.45, 2.75) is 18.8 Å². The SMILES string of the molecule is O=C(O)CC(CC(=O)O)c1ccc([N+](=O)[O-])cn1.[NaH].[NaH]. The molecule has 1 aromatic heterocycles. The van der Waals surface area contributed by atoms with Crippen molar-refractivity contribution in [2.24, 2.45) is 0 Å². The molecule has 0 aliphatic heterocycles. The standard InChI is InChI=1S/C10H10N2O6.2Na.2H/c13-9(14)3-6(4-10(15)16)8-2-1-7(5-11-8)12(17)18;;;;/h1-2,5-6H,3-4H2,(H,13,14)(H,15,16);;;;. The van der Waals surface area contributed by atoms with E-state index in [0.29, 0.717) is 0 Å². The van der Waals surface area contributed by atoms with Crippen LogP contribution >= 0.6 is 0 Å². The molecule has 10 heteroatoms. The molecule has 8 nitrogen and oxygen atoms in total. The van der Waals surface area contributed by atoms with Gasteiger partial charge in [-0.3, -0.25) is 24.7 Å². The van der Waals surface area contributed by atoms with Crippen molar-refractivity contribution in [1.82, 2.24) is 4.98 Å². The summed E-state index contributed by atoms with van der Waals surface area (Å²) in [5, 5.41) is 27.8. The van der Waals surface area contributed by atoms with Gasteiger partial charge in [0.25, 0.3) is 5.69 Å². The Balaban J connectivity index is 0. The van der Waals surface area contributed by atoms with Crippen LogP contribution in [-0.4, -0.2) is 91.2 Å². The van der Waals surface area contributed by atoms with Crippen LogP contribution in [-0.2, 0) is 9.59 Å². The molecule has 0 saturated carbocycles. The van der Waals surface area contributed by atoms with E-state index in [-0.39, 0.29) is 70.5 Å². The quantitative estimate of drug-likeness (QED) is 0.420. The van der Waals surface area contributed by atoms with E-state index in [1.807, 2.05) is 0 Å². The van der Waals surface area contributed by atoms with Crippen molar-refractivity contribution in [2.75, 3.05) is 0 Å². The minimum absolute atomic E-state index is 0. The Morgan fingerprint density at radius 1 is 1.20 bits per heavy atom. The molecule has 0 unspecified atom stereocenters. The number of carboxylic acid groups (broad SMARTS) is 2. The summed E-state index contributed by atoms with van der Waals surface area (Å²) in [4.78, 5) is 34.7. The molecule has 100 valence electrons. The first-order valence-electron chi connectivity index (χ1n) is 4.94. The second kappa shape index (κ2) is 10.3. The molecular weight excluding hydrogens is 290 g/mol. The van der Waals surface area contributed by atoms with Crippen LogP contribution in [0.3, 0.4) is 0 Å². The molecule has 1 rings (SSSR count). The zero-order valence-corrected chi connectivity index (χ0v) is 9.15. The van der Waals surface area contributed by atoms with Gasteiger partial charge in [-0.2, -0.15) is 0 Å². The summed E-state index contributed by atoms with van der Waals surface area (Å²) >= 11 is 0. The fourth-order valence-electron chi connectivity index (χ4n) is 1.45. The molecule has 0 amide bonds. The third kappa shape index (κ3) is 7.32. The van der Waals surface area contributed by atoms with Gasteiger partial charge in [0, 0.05) is 17.7 Å². The van der Waals surface area contributed by atoms with Gasteiger partial charge in [0.15, 0.2) is 0 Å². The first kappa shape index (κ1) is 21.8. The predicted molar refractivity (Wildman–Crippen MR) is 72.4 cm³/mol. The summed E-state index contributed by atoms with van der Waals surface area (Å²) in [7, 11) is 0. The van der Waals surface area contributed by atoms with Crippen LogP contribution in [0.25, 0.3) is 0 Å². The number of pyridine rings is 1. The van der Waals surface area contributed by atoms with Crippen LogP contribution in [0.15, 0.2) is 18.3 Å². The first-order chi connectivity index (χ1) is 8.40.